The summed E-state index contributed by atoms with van der Waals surface area (Å²) < 4.78 is 0. The van der Waals surface area contributed by atoms with E-state index in [9.17, 15) is 19.7 Å². The van der Waals surface area contributed by atoms with E-state index in [-0.39, 0.29) is 18.0 Å². The van der Waals surface area contributed by atoms with Gasteiger partial charge in [-0.1, -0.05) is 12.1 Å². The number of hydrogen-bond donors (Lipinski definition) is 1. The normalized spacial score (nSPS) is 17.7. The van der Waals surface area contributed by atoms with Crippen molar-refractivity contribution in [1.29, 1.82) is 0 Å². The summed E-state index contributed by atoms with van der Waals surface area (Å²) >= 11 is 0. The van der Waals surface area contributed by atoms with Gasteiger partial charge in [-0.15, -0.1) is 0 Å². The highest BCUT2D eigenvalue weighted by atomic mass is 16.6. The number of amides is 1. The third-order valence-electron chi connectivity index (χ3n) is 3.63. The Bertz CT molecular complexity index is 555. The number of carboxylic acid groups (broad SMARTS) is 1. The Kier molecular flexibility index (Phi) is 4.52. The maximum atomic E-state index is 12.1. The minimum atomic E-state index is -0.962. The zero-order chi connectivity index (χ0) is 15.4. The zero-order valence-electron chi connectivity index (χ0n) is 11.4. The summed E-state index contributed by atoms with van der Waals surface area (Å²) in [6.07, 6.45) is 1.86. The molecule has 7 heteroatoms. The van der Waals surface area contributed by atoms with Gasteiger partial charge in [-0.2, -0.15) is 0 Å². The van der Waals surface area contributed by atoms with Gasteiger partial charge < -0.3 is 10.0 Å². The minimum absolute atomic E-state index is 0.00978. The quantitative estimate of drug-likeness (QED) is 0.656. The van der Waals surface area contributed by atoms with Crippen LogP contribution in [0.2, 0.25) is 0 Å². The second kappa shape index (κ2) is 6.34. The standard InChI is InChI=1S/C14H16N2O5/c17-13(15-9-1-2-12(15)14(18)19)8-5-10-3-6-11(7-4-10)16(20)21/h3-4,6-7,12H,1-2,5,8-9H2,(H,18,19)/t12-/m0/s1. The molecule has 1 amide bonds. The van der Waals surface area contributed by atoms with Crippen molar-refractivity contribution in [3.63, 3.8) is 0 Å². The molecule has 1 aliphatic rings. The summed E-state index contributed by atoms with van der Waals surface area (Å²) in [5.74, 6) is -1.14. The fraction of sp³-hybridized carbons (Fsp3) is 0.429. The molecule has 1 aliphatic heterocycles. The van der Waals surface area contributed by atoms with Crippen molar-refractivity contribution < 1.29 is 19.6 Å². The van der Waals surface area contributed by atoms with Gasteiger partial charge in [-0.3, -0.25) is 14.9 Å². The van der Waals surface area contributed by atoms with Crippen LogP contribution in [0, 0.1) is 10.1 Å². The van der Waals surface area contributed by atoms with Crippen LogP contribution in [0.5, 0.6) is 0 Å². The fourth-order valence-electron chi connectivity index (χ4n) is 2.50. The number of non-ortho nitro benzene ring substituents is 1. The second-order valence-electron chi connectivity index (χ2n) is 5.01. The number of aryl methyl sites for hydroxylation is 1. The van der Waals surface area contributed by atoms with Crippen LogP contribution in [0.1, 0.15) is 24.8 Å². The third-order valence-corrected chi connectivity index (χ3v) is 3.63. The first-order chi connectivity index (χ1) is 9.99. The Morgan fingerprint density at radius 3 is 2.57 bits per heavy atom. The van der Waals surface area contributed by atoms with E-state index in [1.807, 2.05) is 0 Å². The smallest absolute Gasteiger partial charge is 0.326 e. The van der Waals surface area contributed by atoms with Crippen molar-refractivity contribution in [2.45, 2.75) is 31.7 Å². The van der Waals surface area contributed by atoms with Crippen LogP contribution in [0.25, 0.3) is 0 Å². The first kappa shape index (κ1) is 15.0. The van der Waals surface area contributed by atoms with Gasteiger partial charge in [0.1, 0.15) is 6.04 Å². The lowest BCUT2D eigenvalue weighted by molar-refractivity contribution is -0.384. The van der Waals surface area contributed by atoms with E-state index in [2.05, 4.69) is 0 Å². The van der Waals surface area contributed by atoms with E-state index in [4.69, 9.17) is 5.11 Å². The van der Waals surface area contributed by atoms with E-state index >= 15 is 0 Å². The van der Waals surface area contributed by atoms with Crippen molar-refractivity contribution in [1.82, 2.24) is 4.90 Å². The second-order valence-corrected chi connectivity index (χ2v) is 5.01. The number of benzene rings is 1. The molecule has 1 aromatic carbocycles. The molecule has 2 rings (SSSR count). The third kappa shape index (κ3) is 3.56. The Morgan fingerprint density at radius 2 is 2.00 bits per heavy atom. The number of hydrogen-bond acceptors (Lipinski definition) is 4. The molecule has 112 valence electrons. The van der Waals surface area contributed by atoms with Crippen LogP contribution in [0.3, 0.4) is 0 Å². The molecule has 0 saturated carbocycles. The van der Waals surface area contributed by atoms with E-state index < -0.39 is 16.9 Å². The number of nitro benzene ring substituents is 1. The van der Waals surface area contributed by atoms with Crippen molar-refractivity contribution in [2.24, 2.45) is 0 Å². The fourth-order valence-corrected chi connectivity index (χ4v) is 2.50. The highest BCUT2D eigenvalue weighted by molar-refractivity contribution is 5.84. The van der Waals surface area contributed by atoms with Crippen molar-refractivity contribution in [3.05, 3.63) is 39.9 Å². The van der Waals surface area contributed by atoms with E-state index in [1.54, 1.807) is 12.1 Å². The van der Waals surface area contributed by atoms with Crippen molar-refractivity contribution in [3.8, 4) is 0 Å². The highest BCUT2D eigenvalue weighted by Gasteiger charge is 2.33. The number of nitro groups is 1. The molecule has 21 heavy (non-hydrogen) atoms. The minimum Gasteiger partial charge on any atom is -0.480 e. The van der Waals surface area contributed by atoms with Gasteiger partial charge in [-0.25, -0.2) is 4.79 Å². The van der Waals surface area contributed by atoms with E-state index in [0.29, 0.717) is 25.8 Å². The molecule has 0 bridgehead atoms. The summed E-state index contributed by atoms with van der Waals surface area (Å²) in [5.41, 5.74) is 0.829. The van der Waals surface area contributed by atoms with Crippen LogP contribution < -0.4 is 0 Å². The van der Waals surface area contributed by atoms with Crippen LogP contribution in [-0.2, 0) is 16.0 Å². The Morgan fingerprint density at radius 1 is 1.33 bits per heavy atom. The summed E-state index contributed by atoms with van der Waals surface area (Å²) in [6.45, 7) is 0.482. The average Bonchev–Trinajstić information content (AvgIpc) is 2.95. The SMILES string of the molecule is O=C(O)[C@@H]1CCCN1C(=O)CCc1ccc([N+](=O)[O-])cc1. The monoisotopic (exact) mass is 292 g/mol. The van der Waals surface area contributed by atoms with Gasteiger partial charge in [0.05, 0.1) is 4.92 Å². The molecule has 0 unspecified atom stereocenters. The zero-order valence-corrected chi connectivity index (χ0v) is 11.4. The largest absolute Gasteiger partial charge is 0.480 e. The molecular formula is C14H16N2O5. The number of carbonyl (C=O) groups excluding carboxylic acids is 1. The molecule has 1 fully saturated rings. The van der Waals surface area contributed by atoms with Gasteiger partial charge in [0, 0.05) is 25.1 Å². The number of rotatable bonds is 5. The molecule has 7 nitrogen and oxygen atoms in total. The predicted octanol–water partition coefficient (Wildman–Crippen LogP) is 1.60. The lowest BCUT2D eigenvalue weighted by Crippen LogP contribution is -2.40. The number of aliphatic carboxylic acids is 1. The van der Waals surface area contributed by atoms with Crippen molar-refractivity contribution >= 4 is 17.6 Å². The van der Waals surface area contributed by atoms with E-state index in [1.165, 1.54) is 17.0 Å². The first-order valence-corrected chi connectivity index (χ1v) is 6.74. The lowest BCUT2D eigenvalue weighted by Gasteiger charge is -2.21. The summed E-state index contributed by atoms with van der Waals surface area (Å²) in [7, 11) is 0. The Labute approximate surface area is 121 Å². The van der Waals surface area contributed by atoms with Gasteiger partial charge in [-0.05, 0) is 24.8 Å². The number of carbonyl (C=O) groups is 2. The highest BCUT2D eigenvalue weighted by Crippen LogP contribution is 2.19. The maximum absolute atomic E-state index is 12.1. The van der Waals surface area contributed by atoms with Crippen LogP contribution in [0.4, 0.5) is 5.69 Å². The molecule has 1 heterocycles. The molecular weight excluding hydrogens is 276 g/mol. The lowest BCUT2D eigenvalue weighted by atomic mass is 10.1. The average molecular weight is 292 g/mol. The summed E-state index contributed by atoms with van der Waals surface area (Å²) in [4.78, 5) is 34.6. The van der Waals surface area contributed by atoms with Crippen molar-refractivity contribution in [2.75, 3.05) is 6.54 Å². The number of carboxylic acids is 1. The molecule has 0 radical (unpaired) electrons. The molecule has 1 N–H and O–H groups in total. The molecule has 1 saturated heterocycles. The van der Waals surface area contributed by atoms with E-state index in [0.717, 1.165) is 5.56 Å². The Balaban J connectivity index is 1.91. The maximum Gasteiger partial charge on any atom is 0.326 e. The number of likely N-dealkylation sites (tertiary alicyclic amines) is 1. The van der Waals surface area contributed by atoms with Gasteiger partial charge >= 0.3 is 5.97 Å². The number of nitrogens with zero attached hydrogens (tertiary/aromatic N) is 2. The van der Waals surface area contributed by atoms with Crippen LogP contribution in [-0.4, -0.2) is 39.4 Å². The first-order valence-electron chi connectivity index (χ1n) is 6.74. The molecule has 0 spiro atoms. The summed E-state index contributed by atoms with van der Waals surface area (Å²) in [5, 5.41) is 19.6. The Hall–Kier alpha value is -2.44. The molecule has 0 aliphatic carbocycles. The van der Waals surface area contributed by atoms with Crippen LogP contribution >= 0.6 is 0 Å². The molecule has 0 aromatic heterocycles. The molecule has 1 atom stereocenters. The van der Waals surface area contributed by atoms with Gasteiger partial charge in [0.25, 0.3) is 5.69 Å². The van der Waals surface area contributed by atoms with Crippen LogP contribution in [0.15, 0.2) is 24.3 Å². The van der Waals surface area contributed by atoms with Gasteiger partial charge in [0.15, 0.2) is 0 Å². The predicted molar refractivity (Wildman–Crippen MR) is 73.8 cm³/mol. The van der Waals surface area contributed by atoms with Gasteiger partial charge in [0.2, 0.25) is 5.91 Å². The molecule has 1 aromatic rings. The summed E-state index contributed by atoms with van der Waals surface area (Å²) in [6, 6.07) is 5.31. The topological polar surface area (TPSA) is 101 Å².